The summed E-state index contributed by atoms with van der Waals surface area (Å²) >= 11 is 4.93. The molecule has 0 atom stereocenters. The Balaban J connectivity index is 2.79. The molecule has 0 saturated carbocycles. The van der Waals surface area contributed by atoms with Crippen molar-refractivity contribution in [1.82, 2.24) is 9.97 Å². The van der Waals surface area contributed by atoms with E-state index in [1.54, 1.807) is 0 Å². The normalized spacial score (nSPS) is 18.6. The Morgan fingerprint density at radius 1 is 1.38 bits per heavy atom. The van der Waals surface area contributed by atoms with Crippen LogP contribution in [0.2, 0.25) is 0 Å². The first-order valence-corrected chi connectivity index (χ1v) is 4.77. The lowest BCUT2D eigenvalue weighted by Gasteiger charge is -2.17. The van der Waals surface area contributed by atoms with Gasteiger partial charge in [-0.15, -0.1) is 0 Å². The van der Waals surface area contributed by atoms with Crippen LogP contribution in [0.25, 0.3) is 0 Å². The van der Waals surface area contributed by atoms with Crippen molar-refractivity contribution in [3.8, 4) is 0 Å². The second-order valence-corrected chi connectivity index (χ2v) is 4.55. The minimum atomic E-state index is -0.0238. The van der Waals surface area contributed by atoms with Gasteiger partial charge in [0.05, 0.1) is 0 Å². The van der Waals surface area contributed by atoms with Gasteiger partial charge in [0.2, 0.25) is 0 Å². The van der Waals surface area contributed by atoms with Gasteiger partial charge in [0.15, 0.2) is 4.77 Å². The molecule has 1 aromatic rings. The lowest BCUT2D eigenvalue weighted by atomic mass is 9.91. The molecule has 3 nitrogen and oxygen atoms in total. The van der Waals surface area contributed by atoms with Crippen molar-refractivity contribution in [3.63, 3.8) is 0 Å². The fourth-order valence-electron chi connectivity index (χ4n) is 1.89. The summed E-state index contributed by atoms with van der Waals surface area (Å²) in [5.74, 6) is 0. The molecule has 0 saturated heterocycles. The molecule has 2 rings (SSSR count). The predicted octanol–water partition coefficient (Wildman–Crippen LogP) is 1.66. The highest BCUT2D eigenvalue weighted by molar-refractivity contribution is 7.71. The molecule has 70 valence electrons. The van der Waals surface area contributed by atoms with E-state index in [1.807, 2.05) is 0 Å². The zero-order chi connectivity index (χ0) is 9.64. The van der Waals surface area contributed by atoms with E-state index in [4.69, 9.17) is 12.2 Å². The zero-order valence-corrected chi connectivity index (χ0v) is 8.55. The molecule has 1 aromatic heterocycles. The second kappa shape index (κ2) is 2.54. The number of hydrogen-bond acceptors (Lipinski definition) is 2. The van der Waals surface area contributed by atoms with Crippen LogP contribution in [0.5, 0.6) is 0 Å². The van der Waals surface area contributed by atoms with Gasteiger partial charge in [-0.3, -0.25) is 9.78 Å². The average Bonchev–Trinajstić information content (AvgIpc) is 2.28. The molecule has 13 heavy (non-hydrogen) atoms. The standard InChI is InChI=1S/C9H12N2OS/c1-9(2)4-3-5-6(9)10-8(13)11-7(5)12/h3-4H2,1-2H3,(H2,10,11,12,13). The third-order valence-electron chi connectivity index (χ3n) is 2.72. The predicted molar refractivity (Wildman–Crippen MR) is 53.6 cm³/mol. The van der Waals surface area contributed by atoms with Gasteiger partial charge in [-0.25, -0.2) is 0 Å². The van der Waals surface area contributed by atoms with Gasteiger partial charge in [0.1, 0.15) is 0 Å². The van der Waals surface area contributed by atoms with Gasteiger partial charge in [0, 0.05) is 16.7 Å². The van der Waals surface area contributed by atoms with E-state index in [1.165, 1.54) is 0 Å². The molecule has 1 aliphatic carbocycles. The molecule has 0 aliphatic heterocycles. The highest BCUT2D eigenvalue weighted by Gasteiger charge is 2.32. The second-order valence-electron chi connectivity index (χ2n) is 4.15. The number of H-pyrrole nitrogens is 2. The van der Waals surface area contributed by atoms with Crippen LogP contribution >= 0.6 is 12.2 Å². The summed E-state index contributed by atoms with van der Waals surface area (Å²) in [4.78, 5) is 17.2. The van der Waals surface area contributed by atoms with Gasteiger partial charge < -0.3 is 4.98 Å². The summed E-state index contributed by atoms with van der Waals surface area (Å²) < 4.78 is 0.429. The van der Waals surface area contributed by atoms with E-state index < -0.39 is 0 Å². The smallest absolute Gasteiger partial charge is 0.255 e. The number of aromatic nitrogens is 2. The highest BCUT2D eigenvalue weighted by Crippen LogP contribution is 2.34. The Hall–Kier alpha value is -0.900. The van der Waals surface area contributed by atoms with Crippen LogP contribution in [0.15, 0.2) is 4.79 Å². The van der Waals surface area contributed by atoms with Gasteiger partial charge in [0.25, 0.3) is 5.56 Å². The fourth-order valence-corrected chi connectivity index (χ4v) is 2.09. The third-order valence-corrected chi connectivity index (χ3v) is 2.92. The number of aromatic amines is 2. The van der Waals surface area contributed by atoms with E-state index in [9.17, 15) is 4.79 Å². The summed E-state index contributed by atoms with van der Waals surface area (Å²) in [6.07, 6.45) is 1.87. The summed E-state index contributed by atoms with van der Waals surface area (Å²) in [6.45, 7) is 4.26. The Morgan fingerprint density at radius 2 is 2.08 bits per heavy atom. The first-order chi connectivity index (χ1) is 6.00. The van der Waals surface area contributed by atoms with Gasteiger partial charge in [-0.05, 0) is 25.1 Å². The molecular formula is C9H12N2OS. The van der Waals surface area contributed by atoms with Crippen molar-refractivity contribution in [2.45, 2.75) is 32.1 Å². The van der Waals surface area contributed by atoms with Crippen LogP contribution in [0, 0.1) is 4.77 Å². The number of rotatable bonds is 0. The Labute approximate surface area is 81.2 Å². The van der Waals surface area contributed by atoms with Gasteiger partial charge in [-0.1, -0.05) is 13.8 Å². The van der Waals surface area contributed by atoms with Gasteiger partial charge in [-0.2, -0.15) is 0 Å². The maximum atomic E-state index is 11.5. The van der Waals surface area contributed by atoms with Crippen LogP contribution in [-0.2, 0) is 11.8 Å². The van der Waals surface area contributed by atoms with E-state index >= 15 is 0 Å². The van der Waals surface area contributed by atoms with Crippen LogP contribution in [0.3, 0.4) is 0 Å². The van der Waals surface area contributed by atoms with Crippen molar-refractivity contribution >= 4 is 12.2 Å². The van der Waals surface area contributed by atoms with E-state index in [0.29, 0.717) is 4.77 Å². The van der Waals surface area contributed by atoms with Crippen molar-refractivity contribution < 1.29 is 0 Å². The Bertz CT molecular complexity index is 455. The summed E-state index contributed by atoms with van der Waals surface area (Å²) in [5, 5.41) is 0. The van der Waals surface area contributed by atoms with E-state index in [-0.39, 0.29) is 11.0 Å². The number of fused-ring (bicyclic) bond motifs is 1. The van der Waals surface area contributed by atoms with Crippen molar-refractivity contribution in [2.75, 3.05) is 0 Å². The molecular weight excluding hydrogens is 184 g/mol. The Kier molecular flexibility index (Phi) is 1.70. The molecule has 0 fully saturated rings. The quantitative estimate of drug-likeness (QED) is 0.620. The molecule has 0 bridgehead atoms. The SMILES string of the molecule is CC1(C)CCc2c1[nH]c(=S)[nH]c2=O. The number of nitrogens with one attached hydrogen (secondary N) is 2. The largest absolute Gasteiger partial charge is 0.335 e. The monoisotopic (exact) mass is 196 g/mol. The molecule has 4 heteroatoms. The average molecular weight is 196 g/mol. The van der Waals surface area contributed by atoms with Crippen molar-refractivity contribution in [2.24, 2.45) is 0 Å². The molecule has 0 aromatic carbocycles. The molecule has 0 radical (unpaired) electrons. The molecule has 1 heterocycles. The molecule has 0 amide bonds. The Morgan fingerprint density at radius 3 is 2.77 bits per heavy atom. The van der Waals surface area contributed by atoms with Crippen LogP contribution in [0.1, 0.15) is 31.5 Å². The summed E-state index contributed by atoms with van der Waals surface area (Å²) in [7, 11) is 0. The zero-order valence-electron chi connectivity index (χ0n) is 7.73. The maximum absolute atomic E-state index is 11.5. The van der Waals surface area contributed by atoms with Crippen LogP contribution in [0.4, 0.5) is 0 Å². The first kappa shape index (κ1) is 8.69. The topological polar surface area (TPSA) is 48.6 Å². The lowest BCUT2D eigenvalue weighted by Crippen LogP contribution is -2.19. The number of hydrogen-bond donors (Lipinski definition) is 2. The maximum Gasteiger partial charge on any atom is 0.255 e. The molecule has 2 N–H and O–H groups in total. The molecule has 1 aliphatic rings. The van der Waals surface area contributed by atoms with Crippen molar-refractivity contribution in [3.05, 3.63) is 26.4 Å². The fraction of sp³-hybridized carbons (Fsp3) is 0.556. The lowest BCUT2D eigenvalue weighted by molar-refractivity contribution is 0.508. The molecule has 0 spiro atoms. The van der Waals surface area contributed by atoms with Gasteiger partial charge >= 0.3 is 0 Å². The van der Waals surface area contributed by atoms with E-state index in [0.717, 1.165) is 24.1 Å². The minimum Gasteiger partial charge on any atom is -0.335 e. The summed E-state index contributed by atoms with van der Waals surface area (Å²) in [6, 6.07) is 0. The summed E-state index contributed by atoms with van der Waals surface area (Å²) in [5.41, 5.74) is 1.93. The first-order valence-electron chi connectivity index (χ1n) is 4.37. The van der Waals surface area contributed by atoms with E-state index in [2.05, 4.69) is 23.8 Å². The molecule has 0 unspecified atom stereocenters. The van der Waals surface area contributed by atoms with Crippen molar-refractivity contribution in [1.29, 1.82) is 0 Å². The van der Waals surface area contributed by atoms with Crippen LogP contribution in [-0.4, -0.2) is 9.97 Å². The minimum absolute atomic E-state index is 0.0238. The third kappa shape index (κ3) is 1.25. The van der Waals surface area contributed by atoms with Crippen LogP contribution < -0.4 is 5.56 Å². The highest BCUT2D eigenvalue weighted by atomic mass is 32.1.